The van der Waals surface area contributed by atoms with Gasteiger partial charge in [-0.1, -0.05) is 32.0 Å². The van der Waals surface area contributed by atoms with Crippen LogP contribution in [0.15, 0.2) is 47.4 Å². The number of carbonyl (C=O) groups is 1. The van der Waals surface area contributed by atoms with Gasteiger partial charge in [-0.05, 0) is 36.6 Å². The molecule has 0 bridgehead atoms. The number of amides is 1. The van der Waals surface area contributed by atoms with E-state index in [9.17, 15) is 23.3 Å². The van der Waals surface area contributed by atoms with E-state index in [0.717, 1.165) is 11.6 Å². The van der Waals surface area contributed by atoms with Crippen molar-refractivity contribution in [2.24, 2.45) is 0 Å². The second-order valence-electron chi connectivity index (χ2n) is 6.37. The van der Waals surface area contributed by atoms with Gasteiger partial charge in [0, 0.05) is 11.6 Å². The Hall–Kier alpha value is -2.98. The smallest absolute Gasteiger partial charge is 0.273 e. The molecule has 0 saturated carbocycles. The van der Waals surface area contributed by atoms with Gasteiger partial charge in [0.05, 0.1) is 9.82 Å². The highest BCUT2D eigenvalue weighted by Gasteiger charge is 2.20. The molecule has 0 aliphatic heterocycles. The lowest BCUT2D eigenvalue weighted by atomic mass is 10.0. The van der Waals surface area contributed by atoms with Gasteiger partial charge in [0.1, 0.15) is 5.75 Å². The fourth-order valence-electron chi connectivity index (χ4n) is 2.27. The number of nitro benzene ring substituents is 1. The lowest BCUT2D eigenvalue weighted by Crippen LogP contribution is -2.43. The maximum absolute atomic E-state index is 12.2. The Bertz CT molecular complexity index is 971. The molecule has 0 heterocycles. The van der Waals surface area contributed by atoms with E-state index in [1.807, 2.05) is 22.4 Å². The number of nitrogens with one attached hydrogen (secondary N) is 2. The highest BCUT2D eigenvalue weighted by molar-refractivity contribution is 7.89. The second kappa shape index (κ2) is 8.81. The molecule has 0 aliphatic rings. The summed E-state index contributed by atoms with van der Waals surface area (Å²) in [6, 6.07) is 10.7. The van der Waals surface area contributed by atoms with Crippen LogP contribution in [0.25, 0.3) is 0 Å². The first-order valence-electron chi connectivity index (χ1n) is 8.38. The molecule has 0 unspecified atom stereocenters. The highest BCUT2D eigenvalue weighted by atomic mass is 32.2. The van der Waals surface area contributed by atoms with E-state index in [1.54, 1.807) is 12.1 Å². The number of nitrogens with zero attached hydrogens (tertiary/aromatic N) is 1. The Morgan fingerprint density at radius 1 is 1.18 bits per heavy atom. The normalized spacial score (nSPS) is 11.3. The molecule has 2 aromatic rings. The van der Waals surface area contributed by atoms with Crippen molar-refractivity contribution in [2.75, 3.05) is 6.61 Å². The number of sulfonamides is 1. The molecule has 1 amide bonds. The number of ether oxygens (including phenoxy) is 1. The summed E-state index contributed by atoms with van der Waals surface area (Å²) < 4.78 is 29.7. The highest BCUT2D eigenvalue weighted by Crippen LogP contribution is 2.22. The first kappa shape index (κ1) is 21.3. The third-order valence-corrected chi connectivity index (χ3v) is 5.17. The van der Waals surface area contributed by atoms with Gasteiger partial charge < -0.3 is 4.74 Å². The minimum absolute atomic E-state index is 0.324. The number of aryl methyl sites for hydroxylation is 1. The Labute approximate surface area is 162 Å². The van der Waals surface area contributed by atoms with Crippen LogP contribution in [0.2, 0.25) is 0 Å². The summed E-state index contributed by atoms with van der Waals surface area (Å²) in [5, 5.41) is 10.9. The number of carbonyl (C=O) groups excluding carboxylic acids is 1. The van der Waals surface area contributed by atoms with Crippen LogP contribution in [0.4, 0.5) is 5.69 Å². The number of nitro groups is 1. The van der Waals surface area contributed by atoms with Crippen LogP contribution in [0.5, 0.6) is 5.75 Å². The Morgan fingerprint density at radius 3 is 2.39 bits per heavy atom. The molecule has 2 rings (SSSR count). The predicted molar refractivity (Wildman–Crippen MR) is 102 cm³/mol. The Morgan fingerprint density at radius 2 is 1.82 bits per heavy atom. The summed E-state index contributed by atoms with van der Waals surface area (Å²) in [4.78, 5) is 23.7. The first-order chi connectivity index (χ1) is 13.1. The molecule has 0 saturated heterocycles. The maximum atomic E-state index is 12.2. The standard InChI is InChI=1S/C18H21N3O6S/c1-12(2)14-5-7-15(8-6-14)27-11-18(22)19-20-28(25,26)16-9-4-13(3)17(10-16)21(23)24/h4-10,12,20H,11H2,1-3H3,(H,19,22). The van der Waals surface area contributed by atoms with E-state index in [4.69, 9.17) is 4.74 Å². The van der Waals surface area contributed by atoms with Crippen molar-refractivity contribution >= 4 is 21.6 Å². The van der Waals surface area contributed by atoms with E-state index in [2.05, 4.69) is 13.8 Å². The second-order valence-corrected chi connectivity index (χ2v) is 8.05. The van der Waals surface area contributed by atoms with E-state index >= 15 is 0 Å². The van der Waals surface area contributed by atoms with Gasteiger partial charge in [-0.3, -0.25) is 20.3 Å². The lowest BCUT2D eigenvalue weighted by molar-refractivity contribution is -0.385. The third kappa shape index (κ3) is 5.51. The summed E-state index contributed by atoms with van der Waals surface area (Å²) in [6.07, 6.45) is 0. The van der Waals surface area contributed by atoms with Gasteiger partial charge in [-0.15, -0.1) is 4.83 Å². The molecule has 2 N–H and O–H groups in total. The topological polar surface area (TPSA) is 128 Å². The molecule has 28 heavy (non-hydrogen) atoms. The van der Waals surface area contributed by atoms with E-state index in [0.29, 0.717) is 17.2 Å². The molecule has 0 atom stereocenters. The van der Waals surface area contributed by atoms with E-state index in [1.165, 1.54) is 19.1 Å². The fourth-order valence-corrected chi connectivity index (χ4v) is 3.15. The molecule has 10 heteroatoms. The number of benzene rings is 2. The van der Waals surface area contributed by atoms with Crippen LogP contribution in [-0.4, -0.2) is 25.9 Å². The molecule has 2 aromatic carbocycles. The molecular formula is C18H21N3O6S. The number of hydrazine groups is 1. The van der Waals surface area contributed by atoms with Gasteiger partial charge in [0.15, 0.2) is 6.61 Å². The van der Waals surface area contributed by atoms with Crippen molar-refractivity contribution in [1.82, 2.24) is 10.3 Å². The van der Waals surface area contributed by atoms with E-state index < -0.39 is 27.5 Å². The molecule has 0 radical (unpaired) electrons. The molecule has 150 valence electrons. The Balaban J connectivity index is 1.94. The summed E-state index contributed by atoms with van der Waals surface area (Å²) in [5.74, 6) is 0.110. The zero-order chi connectivity index (χ0) is 20.9. The zero-order valence-electron chi connectivity index (χ0n) is 15.6. The van der Waals surface area contributed by atoms with Crippen molar-refractivity contribution in [3.8, 4) is 5.75 Å². The van der Waals surface area contributed by atoms with Crippen molar-refractivity contribution < 1.29 is 22.9 Å². The van der Waals surface area contributed by atoms with Crippen LogP contribution in [0.1, 0.15) is 30.9 Å². The Kier molecular flexibility index (Phi) is 6.71. The number of hydrogen-bond acceptors (Lipinski definition) is 6. The summed E-state index contributed by atoms with van der Waals surface area (Å²) in [5.41, 5.74) is 3.13. The SMILES string of the molecule is Cc1ccc(S(=O)(=O)NNC(=O)COc2ccc(C(C)C)cc2)cc1[N+](=O)[O-]. The van der Waals surface area contributed by atoms with Crippen LogP contribution in [0.3, 0.4) is 0 Å². The molecule has 9 nitrogen and oxygen atoms in total. The first-order valence-corrected chi connectivity index (χ1v) is 9.87. The van der Waals surface area contributed by atoms with Gasteiger partial charge in [-0.25, -0.2) is 8.42 Å². The van der Waals surface area contributed by atoms with Crippen LogP contribution < -0.4 is 15.0 Å². The molecule has 0 fully saturated rings. The third-order valence-electron chi connectivity index (χ3n) is 3.93. The van der Waals surface area contributed by atoms with Crippen molar-refractivity contribution in [3.63, 3.8) is 0 Å². The molecule has 0 aromatic heterocycles. The van der Waals surface area contributed by atoms with Crippen molar-refractivity contribution in [1.29, 1.82) is 0 Å². The van der Waals surface area contributed by atoms with Gasteiger partial charge in [-0.2, -0.15) is 0 Å². The minimum Gasteiger partial charge on any atom is -0.484 e. The lowest BCUT2D eigenvalue weighted by Gasteiger charge is -2.11. The van der Waals surface area contributed by atoms with Gasteiger partial charge in [0.2, 0.25) is 0 Å². The van der Waals surface area contributed by atoms with Gasteiger partial charge >= 0.3 is 0 Å². The number of rotatable bonds is 8. The average Bonchev–Trinajstić information content (AvgIpc) is 2.65. The number of hydrogen-bond donors (Lipinski definition) is 2. The fraction of sp³-hybridized carbons (Fsp3) is 0.278. The predicted octanol–water partition coefficient (Wildman–Crippen LogP) is 2.42. The van der Waals surface area contributed by atoms with Crippen LogP contribution >= 0.6 is 0 Å². The average molecular weight is 407 g/mol. The van der Waals surface area contributed by atoms with Crippen LogP contribution in [-0.2, 0) is 14.8 Å². The summed E-state index contributed by atoms with van der Waals surface area (Å²) in [6.45, 7) is 5.20. The van der Waals surface area contributed by atoms with Crippen molar-refractivity contribution in [3.05, 3.63) is 63.7 Å². The largest absolute Gasteiger partial charge is 0.484 e. The summed E-state index contributed by atoms with van der Waals surface area (Å²) in [7, 11) is -4.17. The zero-order valence-corrected chi connectivity index (χ0v) is 16.4. The van der Waals surface area contributed by atoms with Crippen molar-refractivity contribution in [2.45, 2.75) is 31.6 Å². The van der Waals surface area contributed by atoms with Gasteiger partial charge in [0.25, 0.3) is 21.6 Å². The maximum Gasteiger partial charge on any atom is 0.273 e. The molecule has 0 spiro atoms. The minimum atomic E-state index is -4.17. The summed E-state index contributed by atoms with van der Waals surface area (Å²) >= 11 is 0. The van der Waals surface area contributed by atoms with E-state index in [-0.39, 0.29) is 10.6 Å². The monoisotopic (exact) mass is 407 g/mol. The molecular weight excluding hydrogens is 386 g/mol. The molecule has 0 aliphatic carbocycles. The van der Waals surface area contributed by atoms with Crippen LogP contribution in [0, 0.1) is 17.0 Å². The quantitative estimate of drug-likeness (QED) is 0.511.